The van der Waals surface area contributed by atoms with Crippen LogP contribution in [0.3, 0.4) is 0 Å². The van der Waals surface area contributed by atoms with Crippen LogP contribution in [0.5, 0.6) is 5.75 Å². The van der Waals surface area contributed by atoms with Crippen LogP contribution in [0.1, 0.15) is 38.4 Å². The first-order chi connectivity index (χ1) is 14.0. The van der Waals surface area contributed by atoms with Crippen LogP contribution in [0.2, 0.25) is 0 Å². The van der Waals surface area contributed by atoms with Crippen molar-refractivity contribution in [1.82, 2.24) is 9.88 Å². The maximum Gasteiger partial charge on any atom is 0.178 e. The molecule has 1 aromatic heterocycles. The molecule has 3 aromatic rings. The Balaban J connectivity index is 1.90. The molecule has 0 saturated carbocycles. The Bertz CT molecular complexity index is 1130. The minimum atomic E-state index is -3.38. The molecule has 0 aliphatic carbocycles. The van der Waals surface area contributed by atoms with Gasteiger partial charge in [0.1, 0.15) is 5.75 Å². The second kappa shape index (κ2) is 7.84. The maximum absolute atomic E-state index is 12.8. The van der Waals surface area contributed by atoms with Crippen LogP contribution in [0.25, 0.3) is 22.0 Å². The normalized spacial score (nSPS) is 17.8. The first kappa shape index (κ1) is 20.0. The standard InChI is InChI=1S/C23H28N2O3S/c1-4-25-14-8-11-21(25)20-13-12-19(24-20)18-15-22(29(26,27)5-2)16-9-6-7-10-17(16)23(18)28-3/h6-7,9-10,12-13,15,21,24H,4-5,8,11,14H2,1-3H3. The minimum Gasteiger partial charge on any atom is -0.495 e. The Kier molecular flexibility index (Phi) is 5.40. The Morgan fingerprint density at radius 2 is 1.90 bits per heavy atom. The van der Waals surface area contributed by atoms with E-state index in [-0.39, 0.29) is 5.75 Å². The summed E-state index contributed by atoms with van der Waals surface area (Å²) in [6, 6.07) is 13.9. The van der Waals surface area contributed by atoms with Gasteiger partial charge in [0.2, 0.25) is 0 Å². The second-order valence-electron chi connectivity index (χ2n) is 7.52. The number of fused-ring (bicyclic) bond motifs is 1. The number of hydrogen-bond acceptors (Lipinski definition) is 4. The van der Waals surface area contributed by atoms with Gasteiger partial charge in [-0.05, 0) is 44.1 Å². The predicted octanol–water partition coefficient (Wildman–Crippen LogP) is 4.79. The molecule has 1 unspecified atom stereocenters. The highest BCUT2D eigenvalue weighted by Crippen LogP contribution is 2.41. The molecule has 1 N–H and O–H groups in total. The molecule has 29 heavy (non-hydrogen) atoms. The number of hydrogen-bond donors (Lipinski definition) is 1. The number of nitrogens with one attached hydrogen (secondary N) is 1. The molecule has 1 saturated heterocycles. The van der Waals surface area contributed by atoms with Gasteiger partial charge in [-0.15, -0.1) is 0 Å². The van der Waals surface area contributed by atoms with Crippen LogP contribution in [-0.4, -0.2) is 44.3 Å². The van der Waals surface area contributed by atoms with Crippen molar-refractivity contribution >= 4 is 20.6 Å². The molecule has 1 aliphatic heterocycles. The van der Waals surface area contributed by atoms with Crippen LogP contribution in [0.15, 0.2) is 47.4 Å². The molecule has 1 aliphatic rings. The van der Waals surface area contributed by atoms with Crippen molar-refractivity contribution in [3.8, 4) is 17.0 Å². The lowest BCUT2D eigenvalue weighted by molar-refractivity contribution is 0.268. The van der Waals surface area contributed by atoms with Crippen LogP contribution in [0.4, 0.5) is 0 Å². The largest absolute Gasteiger partial charge is 0.495 e. The summed E-state index contributed by atoms with van der Waals surface area (Å²) in [5, 5.41) is 1.52. The zero-order chi connectivity index (χ0) is 20.6. The van der Waals surface area contributed by atoms with E-state index in [9.17, 15) is 8.42 Å². The summed E-state index contributed by atoms with van der Waals surface area (Å²) >= 11 is 0. The fourth-order valence-electron chi connectivity index (χ4n) is 4.47. The van der Waals surface area contributed by atoms with E-state index in [4.69, 9.17) is 4.74 Å². The van der Waals surface area contributed by atoms with Crippen molar-refractivity contribution in [2.75, 3.05) is 26.0 Å². The molecular weight excluding hydrogens is 384 g/mol. The first-order valence-corrected chi connectivity index (χ1v) is 11.9. The van der Waals surface area contributed by atoms with E-state index in [0.717, 1.165) is 36.2 Å². The summed E-state index contributed by atoms with van der Waals surface area (Å²) in [6.45, 7) is 6.02. The van der Waals surface area contributed by atoms with E-state index in [2.05, 4.69) is 22.9 Å². The van der Waals surface area contributed by atoms with Gasteiger partial charge in [-0.1, -0.05) is 38.1 Å². The Labute approximate surface area is 172 Å². The predicted molar refractivity (Wildman–Crippen MR) is 117 cm³/mol. The highest BCUT2D eigenvalue weighted by atomic mass is 32.2. The molecule has 6 heteroatoms. The molecule has 1 atom stereocenters. The quantitative estimate of drug-likeness (QED) is 0.632. The first-order valence-electron chi connectivity index (χ1n) is 10.3. The van der Waals surface area contributed by atoms with E-state index in [1.165, 1.54) is 12.1 Å². The number of aromatic amines is 1. The molecule has 0 bridgehead atoms. The van der Waals surface area contributed by atoms with Crippen molar-refractivity contribution in [3.63, 3.8) is 0 Å². The molecular formula is C23H28N2O3S. The highest BCUT2D eigenvalue weighted by molar-refractivity contribution is 7.91. The van der Waals surface area contributed by atoms with E-state index >= 15 is 0 Å². The fourth-order valence-corrected chi connectivity index (χ4v) is 5.59. The highest BCUT2D eigenvalue weighted by Gasteiger charge is 2.27. The van der Waals surface area contributed by atoms with Crippen molar-refractivity contribution in [3.05, 3.63) is 48.2 Å². The summed E-state index contributed by atoms with van der Waals surface area (Å²) in [7, 11) is -1.74. The summed E-state index contributed by atoms with van der Waals surface area (Å²) < 4.78 is 31.4. The van der Waals surface area contributed by atoms with Gasteiger partial charge >= 0.3 is 0 Å². The Hall–Kier alpha value is -2.31. The molecule has 0 spiro atoms. The third kappa shape index (κ3) is 3.45. The number of likely N-dealkylation sites (tertiary alicyclic amines) is 1. The number of rotatable bonds is 6. The van der Waals surface area contributed by atoms with E-state index in [0.29, 0.717) is 22.1 Å². The summed E-state index contributed by atoms with van der Waals surface area (Å²) in [5.41, 5.74) is 2.85. The zero-order valence-corrected chi connectivity index (χ0v) is 18.1. The lowest BCUT2D eigenvalue weighted by atomic mass is 10.0. The van der Waals surface area contributed by atoms with Crippen LogP contribution in [-0.2, 0) is 9.84 Å². The van der Waals surface area contributed by atoms with Gasteiger partial charge < -0.3 is 9.72 Å². The third-order valence-corrected chi connectivity index (χ3v) is 7.77. The minimum absolute atomic E-state index is 0.0618. The van der Waals surface area contributed by atoms with Crippen molar-refractivity contribution in [1.29, 1.82) is 0 Å². The number of aromatic nitrogens is 1. The topological polar surface area (TPSA) is 62.4 Å². The molecule has 2 heterocycles. The van der Waals surface area contributed by atoms with Crippen LogP contribution < -0.4 is 4.74 Å². The Morgan fingerprint density at radius 1 is 1.14 bits per heavy atom. The molecule has 2 aromatic carbocycles. The molecule has 1 fully saturated rings. The van der Waals surface area contributed by atoms with Gasteiger partial charge in [0.05, 0.1) is 17.8 Å². The summed E-state index contributed by atoms with van der Waals surface area (Å²) in [4.78, 5) is 6.39. The molecule has 5 nitrogen and oxygen atoms in total. The average Bonchev–Trinajstić information content (AvgIpc) is 3.41. The lowest BCUT2D eigenvalue weighted by Crippen LogP contribution is -2.22. The van der Waals surface area contributed by atoms with Gasteiger partial charge in [0.25, 0.3) is 0 Å². The number of benzene rings is 2. The zero-order valence-electron chi connectivity index (χ0n) is 17.2. The van der Waals surface area contributed by atoms with Gasteiger partial charge in [-0.2, -0.15) is 0 Å². The number of nitrogens with zero attached hydrogens (tertiary/aromatic N) is 1. The van der Waals surface area contributed by atoms with Crippen LogP contribution >= 0.6 is 0 Å². The van der Waals surface area contributed by atoms with E-state index < -0.39 is 9.84 Å². The molecule has 154 valence electrons. The van der Waals surface area contributed by atoms with Gasteiger partial charge in [0.15, 0.2) is 9.84 Å². The number of H-pyrrole nitrogens is 1. The van der Waals surface area contributed by atoms with Gasteiger partial charge in [0, 0.05) is 33.8 Å². The van der Waals surface area contributed by atoms with Crippen molar-refractivity contribution < 1.29 is 13.2 Å². The summed E-state index contributed by atoms with van der Waals surface area (Å²) in [5.74, 6) is 0.759. The smallest absolute Gasteiger partial charge is 0.178 e. The van der Waals surface area contributed by atoms with Crippen LogP contribution in [0, 0.1) is 0 Å². The average molecular weight is 413 g/mol. The van der Waals surface area contributed by atoms with E-state index in [1.54, 1.807) is 20.1 Å². The number of ether oxygens (including phenoxy) is 1. The molecule has 4 rings (SSSR count). The van der Waals surface area contributed by atoms with Crippen molar-refractivity contribution in [2.45, 2.75) is 37.6 Å². The monoisotopic (exact) mass is 412 g/mol. The van der Waals surface area contributed by atoms with E-state index in [1.807, 2.05) is 30.3 Å². The third-order valence-electron chi connectivity index (χ3n) is 6.00. The number of methoxy groups -OCH3 is 1. The molecule has 0 radical (unpaired) electrons. The number of sulfone groups is 1. The maximum atomic E-state index is 12.8. The SMILES string of the molecule is CCN1CCCC1c1ccc(-c2cc(S(=O)(=O)CC)c3ccccc3c2OC)[nH]1. The summed E-state index contributed by atoms with van der Waals surface area (Å²) in [6.07, 6.45) is 2.34. The fraction of sp³-hybridized carbons (Fsp3) is 0.391. The van der Waals surface area contributed by atoms with Gasteiger partial charge in [-0.3, -0.25) is 4.90 Å². The van der Waals surface area contributed by atoms with Gasteiger partial charge in [-0.25, -0.2) is 8.42 Å². The Morgan fingerprint density at radius 3 is 2.59 bits per heavy atom. The second-order valence-corrected chi connectivity index (χ2v) is 9.77. The lowest BCUT2D eigenvalue weighted by Gasteiger charge is -2.21. The van der Waals surface area contributed by atoms with Crippen molar-refractivity contribution in [2.24, 2.45) is 0 Å². The molecule has 0 amide bonds.